The third kappa shape index (κ3) is 8.02. The first kappa shape index (κ1) is 12.7. The van der Waals surface area contributed by atoms with Crippen LogP contribution >= 0.6 is 7.60 Å². The van der Waals surface area contributed by atoms with E-state index in [1.165, 1.54) is 0 Å². The molecule has 0 bridgehead atoms. The van der Waals surface area contributed by atoms with E-state index in [1.54, 1.807) is 0 Å². The van der Waals surface area contributed by atoms with Gasteiger partial charge < -0.3 is 14.4 Å². The summed E-state index contributed by atoms with van der Waals surface area (Å²) >= 11 is 0. The zero-order valence-electron chi connectivity index (χ0n) is 6.58. The first-order valence-corrected chi connectivity index (χ1v) is 5.07. The molecule has 0 saturated carbocycles. The summed E-state index contributed by atoms with van der Waals surface area (Å²) in [5.74, 6) is -1.35. The van der Waals surface area contributed by atoms with E-state index >= 15 is 0 Å². The van der Waals surface area contributed by atoms with Crippen molar-refractivity contribution >= 4 is 7.60 Å². The Balaban J connectivity index is 4.22. The monoisotopic (exact) mass is 216 g/mol. The SMILES string of the molecule is C=CC(CC(F)(F)F)CP(=O)([O-])[O-]. The topological polar surface area (TPSA) is 63.2 Å². The molecule has 13 heavy (non-hydrogen) atoms. The Bertz CT molecular complexity index is 220. The molecule has 7 heteroatoms. The lowest BCUT2D eigenvalue weighted by Crippen LogP contribution is -2.24. The van der Waals surface area contributed by atoms with Crippen molar-refractivity contribution in [3.05, 3.63) is 12.7 Å². The predicted octanol–water partition coefficient (Wildman–Crippen LogP) is 0.655. The van der Waals surface area contributed by atoms with Crippen molar-refractivity contribution in [3.8, 4) is 0 Å². The molecule has 0 aliphatic rings. The van der Waals surface area contributed by atoms with Crippen molar-refractivity contribution in [2.24, 2.45) is 5.92 Å². The van der Waals surface area contributed by atoms with Gasteiger partial charge in [-0.2, -0.15) is 13.2 Å². The van der Waals surface area contributed by atoms with E-state index in [-0.39, 0.29) is 0 Å². The molecule has 0 saturated heterocycles. The van der Waals surface area contributed by atoms with E-state index in [2.05, 4.69) is 6.58 Å². The molecule has 1 atom stereocenters. The maximum atomic E-state index is 11.7. The second-order valence-corrected chi connectivity index (χ2v) is 4.20. The lowest BCUT2D eigenvalue weighted by molar-refractivity contribution is -0.314. The zero-order chi connectivity index (χ0) is 10.7. The molecule has 0 amide bonds. The number of allylic oxidation sites excluding steroid dienone is 1. The molecule has 3 nitrogen and oxygen atoms in total. The van der Waals surface area contributed by atoms with Gasteiger partial charge in [0.15, 0.2) is 0 Å². The normalized spacial score (nSPS) is 15.5. The first-order valence-electron chi connectivity index (χ1n) is 3.34. The molecular formula is C6H8F3O3P-2. The Kier molecular flexibility index (Phi) is 4.16. The lowest BCUT2D eigenvalue weighted by atomic mass is 10.1. The van der Waals surface area contributed by atoms with E-state index in [1.807, 2.05) is 0 Å². The van der Waals surface area contributed by atoms with Gasteiger partial charge in [-0.25, -0.2) is 0 Å². The first-order chi connectivity index (χ1) is 5.64. The predicted molar refractivity (Wildman–Crippen MR) is 36.8 cm³/mol. The van der Waals surface area contributed by atoms with Gasteiger partial charge >= 0.3 is 6.18 Å². The van der Waals surface area contributed by atoms with Gasteiger partial charge in [0.25, 0.3) is 0 Å². The van der Waals surface area contributed by atoms with E-state index in [4.69, 9.17) is 0 Å². The maximum Gasteiger partial charge on any atom is 0.389 e. The van der Waals surface area contributed by atoms with E-state index in [0.717, 1.165) is 6.08 Å². The molecule has 0 aromatic heterocycles. The molecule has 0 fully saturated rings. The summed E-state index contributed by atoms with van der Waals surface area (Å²) in [7, 11) is -4.90. The van der Waals surface area contributed by atoms with Crippen molar-refractivity contribution in [3.63, 3.8) is 0 Å². The molecule has 0 radical (unpaired) electrons. The summed E-state index contributed by atoms with van der Waals surface area (Å²) < 4.78 is 45.3. The molecular weight excluding hydrogens is 208 g/mol. The van der Waals surface area contributed by atoms with E-state index in [0.29, 0.717) is 0 Å². The number of hydrogen-bond donors (Lipinski definition) is 0. The molecule has 78 valence electrons. The van der Waals surface area contributed by atoms with Crippen LogP contribution in [0.15, 0.2) is 12.7 Å². The van der Waals surface area contributed by atoms with Gasteiger partial charge in [0, 0.05) is 0 Å². The second kappa shape index (κ2) is 4.26. The minimum Gasteiger partial charge on any atom is -0.811 e. The third-order valence-corrected chi connectivity index (χ3v) is 2.20. The van der Waals surface area contributed by atoms with Gasteiger partial charge in [0.05, 0.1) is 6.42 Å². The van der Waals surface area contributed by atoms with Gasteiger partial charge in [0.1, 0.15) is 0 Å². The maximum absolute atomic E-state index is 11.7. The van der Waals surface area contributed by atoms with Gasteiger partial charge in [-0.1, -0.05) is 13.7 Å². The van der Waals surface area contributed by atoms with Crippen LogP contribution in [-0.4, -0.2) is 12.3 Å². The molecule has 0 heterocycles. The highest BCUT2D eigenvalue weighted by molar-refractivity contribution is 7.48. The van der Waals surface area contributed by atoms with Crippen molar-refractivity contribution in [1.82, 2.24) is 0 Å². The lowest BCUT2D eigenvalue weighted by Gasteiger charge is -2.32. The van der Waals surface area contributed by atoms with Crippen LogP contribution in [0.1, 0.15) is 6.42 Å². The number of alkyl halides is 3. The minimum atomic E-state index is -4.90. The average Bonchev–Trinajstić information content (AvgIpc) is 1.79. The quantitative estimate of drug-likeness (QED) is 0.512. The molecule has 0 aromatic rings. The van der Waals surface area contributed by atoms with E-state index in [9.17, 15) is 27.5 Å². The van der Waals surface area contributed by atoms with Crippen molar-refractivity contribution in [1.29, 1.82) is 0 Å². The van der Waals surface area contributed by atoms with Crippen LogP contribution in [0.3, 0.4) is 0 Å². The average molecular weight is 216 g/mol. The summed E-state index contributed by atoms with van der Waals surface area (Å²) in [4.78, 5) is 20.3. The molecule has 0 aliphatic carbocycles. The Hall–Kier alpha value is -0.320. The largest absolute Gasteiger partial charge is 0.811 e. The zero-order valence-corrected chi connectivity index (χ0v) is 7.48. The van der Waals surface area contributed by atoms with Crippen molar-refractivity contribution < 1.29 is 27.5 Å². The Labute approximate surface area is 73.4 Å². The fourth-order valence-corrected chi connectivity index (χ4v) is 1.66. The minimum absolute atomic E-state index is 0.829. The van der Waals surface area contributed by atoms with Gasteiger partial charge in [0.2, 0.25) is 0 Å². The Morgan fingerprint density at radius 3 is 2.15 bits per heavy atom. The molecule has 0 N–H and O–H groups in total. The molecule has 0 aliphatic heterocycles. The summed E-state index contributed by atoms with van der Waals surface area (Å²) in [5.41, 5.74) is 0. The molecule has 0 spiro atoms. The van der Waals surface area contributed by atoms with Crippen LogP contribution in [0.4, 0.5) is 13.2 Å². The highest BCUT2D eigenvalue weighted by Gasteiger charge is 2.30. The van der Waals surface area contributed by atoms with Crippen molar-refractivity contribution in [2.75, 3.05) is 6.16 Å². The standard InChI is InChI=1S/C6H10F3O3P/c1-2-5(3-6(7,8)9)4-13(10,11)12/h2,5H,1,3-4H2,(H2,10,11,12)/p-2. The Morgan fingerprint density at radius 2 is 1.92 bits per heavy atom. The molecule has 1 unspecified atom stereocenters. The van der Waals surface area contributed by atoms with Crippen LogP contribution in [0.5, 0.6) is 0 Å². The van der Waals surface area contributed by atoms with Crippen molar-refractivity contribution in [2.45, 2.75) is 12.6 Å². The van der Waals surface area contributed by atoms with Crippen LogP contribution < -0.4 is 9.79 Å². The highest BCUT2D eigenvalue weighted by atomic mass is 31.2. The van der Waals surface area contributed by atoms with Crippen LogP contribution in [0.25, 0.3) is 0 Å². The molecule has 0 rings (SSSR count). The van der Waals surface area contributed by atoms with Gasteiger partial charge in [-0.05, 0) is 12.1 Å². The Morgan fingerprint density at radius 1 is 1.46 bits per heavy atom. The van der Waals surface area contributed by atoms with Crippen LogP contribution in [-0.2, 0) is 4.57 Å². The van der Waals surface area contributed by atoms with Crippen LogP contribution in [0, 0.1) is 5.92 Å². The summed E-state index contributed by atoms with van der Waals surface area (Å²) in [6, 6.07) is 0. The fourth-order valence-electron chi connectivity index (χ4n) is 0.807. The third-order valence-electron chi connectivity index (χ3n) is 1.29. The summed E-state index contributed by atoms with van der Waals surface area (Å²) in [5, 5.41) is 0. The number of hydrogen-bond acceptors (Lipinski definition) is 3. The van der Waals surface area contributed by atoms with Gasteiger partial charge in [-0.15, -0.1) is 6.58 Å². The highest BCUT2D eigenvalue weighted by Crippen LogP contribution is 2.33. The number of rotatable bonds is 4. The number of halogens is 3. The van der Waals surface area contributed by atoms with E-state index < -0.39 is 32.3 Å². The summed E-state index contributed by atoms with van der Waals surface area (Å²) in [6.45, 7) is 3.03. The summed E-state index contributed by atoms with van der Waals surface area (Å²) in [6.07, 6.45) is -6.01. The smallest absolute Gasteiger partial charge is 0.389 e. The fraction of sp³-hybridized carbons (Fsp3) is 0.667. The second-order valence-electron chi connectivity index (χ2n) is 2.61. The van der Waals surface area contributed by atoms with Crippen LogP contribution in [0.2, 0.25) is 0 Å². The molecule has 0 aromatic carbocycles. The van der Waals surface area contributed by atoms with Gasteiger partial charge in [-0.3, -0.25) is 0 Å².